The van der Waals surface area contributed by atoms with Gasteiger partial charge in [-0.15, -0.1) is 0 Å². The molecule has 0 rings (SSSR count). The molecule has 0 unspecified atom stereocenters. The van der Waals surface area contributed by atoms with Gasteiger partial charge >= 0.3 is 29.6 Å². The van der Waals surface area contributed by atoms with E-state index in [0.717, 1.165) is 0 Å². The van der Waals surface area contributed by atoms with E-state index in [9.17, 15) is 0 Å². The van der Waals surface area contributed by atoms with Gasteiger partial charge in [0.25, 0.3) is 0 Å². The zero-order valence-electron chi connectivity index (χ0n) is 8.70. The molecular formula is C6H15N2NaO6. The Bertz CT molecular complexity index is 121. The Balaban J connectivity index is -0.000000249. The van der Waals surface area contributed by atoms with Gasteiger partial charge in [-0.1, -0.05) is 0 Å². The maximum Gasteiger partial charge on any atom is 1.00 e. The topological polar surface area (TPSA) is 130 Å². The molecular weight excluding hydrogens is 219 g/mol. The molecule has 8 nitrogen and oxygen atoms in total. The summed E-state index contributed by atoms with van der Waals surface area (Å²) < 4.78 is 0. The minimum absolute atomic E-state index is 0. The van der Waals surface area contributed by atoms with Gasteiger partial charge in [0.1, 0.15) is 0 Å². The molecule has 9 heteroatoms. The first-order valence-corrected chi connectivity index (χ1v) is 3.95. The Morgan fingerprint density at radius 1 is 0.933 bits per heavy atom. The molecule has 0 atom stereocenters. The molecule has 0 fully saturated rings. The average molecular weight is 234 g/mol. The van der Waals surface area contributed by atoms with Gasteiger partial charge in [-0.3, -0.25) is 4.90 Å². The SMILES string of the molecule is O=[N+]([O-])[O-].OCCN(CCO)CCO.[Na+]. The average Bonchev–Trinajstić information content (AvgIpc) is 2.04. The number of hydrogen-bond acceptors (Lipinski definition) is 7. The van der Waals surface area contributed by atoms with E-state index in [2.05, 4.69) is 0 Å². The molecule has 15 heavy (non-hydrogen) atoms. The van der Waals surface area contributed by atoms with Crippen LogP contribution in [0.2, 0.25) is 0 Å². The summed E-state index contributed by atoms with van der Waals surface area (Å²) in [5, 5.41) is 40.2. The molecule has 0 aliphatic heterocycles. The van der Waals surface area contributed by atoms with Gasteiger partial charge in [0, 0.05) is 19.6 Å². The predicted molar refractivity (Wildman–Crippen MR) is 48.1 cm³/mol. The molecule has 0 aliphatic rings. The summed E-state index contributed by atoms with van der Waals surface area (Å²) in [5.41, 5.74) is 0. The summed E-state index contributed by atoms with van der Waals surface area (Å²) in [6.45, 7) is 1.75. The van der Waals surface area contributed by atoms with E-state index < -0.39 is 5.09 Å². The molecule has 0 aromatic rings. The van der Waals surface area contributed by atoms with Crippen molar-refractivity contribution in [2.45, 2.75) is 0 Å². The molecule has 0 spiro atoms. The number of nitrogens with zero attached hydrogens (tertiary/aromatic N) is 2. The third-order valence-corrected chi connectivity index (χ3v) is 1.25. The van der Waals surface area contributed by atoms with E-state index >= 15 is 0 Å². The Morgan fingerprint density at radius 2 is 1.13 bits per heavy atom. The fourth-order valence-corrected chi connectivity index (χ4v) is 0.760. The van der Waals surface area contributed by atoms with E-state index in [1.165, 1.54) is 0 Å². The van der Waals surface area contributed by atoms with E-state index in [1.807, 2.05) is 0 Å². The van der Waals surface area contributed by atoms with Crippen LogP contribution in [0.3, 0.4) is 0 Å². The van der Waals surface area contributed by atoms with Gasteiger partial charge in [0.2, 0.25) is 0 Å². The van der Waals surface area contributed by atoms with E-state index in [4.69, 9.17) is 30.6 Å². The van der Waals surface area contributed by atoms with Gasteiger partial charge in [0.15, 0.2) is 0 Å². The molecule has 0 saturated carbocycles. The van der Waals surface area contributed by atoms with Crippen molar-refractivity contribution in [2.75, 3.05) is 39.5 Å². The summed E-state index contributed by atoms with van der Waals surface area (Å²) in [4.78, 5) is 10.0. The van der Waals surface area contributed by atoms with Crippen molar-refractivity contribution in [3.8, 4) is 0 Å². The number of rotatable bonds is 6. The molecule has 0 amide bonds. The number of hydrogen-bond donors (Lipinski definition) is 3. The first-order chi connectivity index (χ1) is 6.58. The van der Waals surface area contributed by atoms with Crippen LogP contribution in [0.15, 0.2) is 0 Å². The van der Waals surface area contributed by atoms with Gasteiger partial charge in [-0.2, -0.15) is 0 Å². The van der Waals surface area contributed by atoms with Crippen molar-refractivity contribution in [1.29, 1.82) is 0 Å². The molecule has 0 heterocycles. The van der Waals surface area contributed by atoms with E-state index in [1.54, 1.807) is 4.90 Å². The largest absolute Gasteiger partial charge is 1.00 e. The van der Waals surface area contributed by atoms with Crippen LogP contribution in [0.5, 0.6) is 0 Å². The monoisotopic (exact) mass is 234 g/mol. The maximum absolute atomic E-state index is 8.48. The zero-order chi connectivity index (χ0) is 11.4. The first-order valence-electron chi connectivity index (χ1n) is 3.95. The molecule has 0 radical (unpaired) electrons. The molecule has 0 aromatic heterocycles. The zero-order valence-corrected chi connectivity index (χ0v) is 10.7. The summed E-state index contributed by atoms with van der Waals surface area (Å²) >= 11 is 0. The van der Waals surface area contributed by atoms with Crippen molar-refractivity contribution in [2.24, 2.45) is 0 Å². The van der Waals surface area contributed by atoms with Crippen LogP contribution in [-0.4, -0.2) is 64.8 Å². The second-order valence-electron chi connectivity index (χ2n) is 2.24. The maximum atomic E-state index is 8.48. The smallest absolute Gasteiger partial charge is 0.395 e. The van der Waals surface area contributed by atoms with Crippen LogP contribution in [0, 0.1) is 15.3 Å². The van der Waals surface area contributed by atoms with Crippen molar-refractivity contribution in [1.82, 2.24) is 4.90 Å². The quantitative estimate of drug-likeness (QED) is 0.238. The Kier molecular flexibility index (Phi) is 22.5. The van der Waals surface area contributed by atoms with Crippen molar-refractivity contribution in [3.05, 3.63) is 15.3 Å². The third-order valence-electron chi connectivity index (χ3n) is 1.25. The molecule has 0 aliphatic carbocycles. The standard InChI is InChI=1S/C6H15NO3.NO3.Na/c8-4-1-7(2-5-9)3-6-10;2-1(3)4;/h8-10H,1-6H2;;/q;-1;+1. The van der Waals surface area contributed by atoms with Crippen LogP contribution in [-0.2, 0) is 0 Å². The normalized spacial score (nSPS) is 8.80. The summed E-state index contributed by atoms with van der Waals surface area (Å²) in [7, 11) is 0. The van der Waals surface area contributed by atoms with Gasteiger partial charge in [-0.05, 0) is 0 Å². The van der Waals surface area contributed by atoms with Crippen LogP contribution in [0.25, 0.3) is 0 Å². The van der Waals surface area contributed by atoms with Gasteiger partial charge in [-0.25, -0.2) is 0 Å². The molecule has 3 N–H and O–H groups in total. The van der Waals surface area contributed by atoms with Crippen LogP contribution in [0.4, 0.5) is 0 Å². The van der Waals surface area contributed by atoms with Gasteiger partial charge < -0.3 is 30.6 Å². The second-order valence-corrected chi connectivity index (χ2v) is 2.24. The molecule has 0 bridgehead atoms. The minimum atomic E-state index is -1.75. The minimum Gasteiger partial charge on any atom is -0.395 e. The Hall–Kier alpha value is 0.0400. The van der Waals surface area contributed by atoms with Gasteiger partial charge in [0.05, 0.1) is 24.9 Å². The van der Waals surface area contributed by atoms with Crippen LogP contribution in [0.1, 0.15) is 0 Å². The van der Waals surface area contributed by atoms with Crippen molar-refractivity contribution in [3.63, 3.8) is 0 Å². The van der Waals surface area contributed by atoms with Crippen LogP contribution >= 0.6 is 0 Å². The summed E-state index contributed by atoms with van der Waals surface area (Å²) in [5.74, 6) is 0. The predicted octanol–water partition coefficient (Wildman–Crippen LogP) is -4.97. The third kappa shape index (κ3) is 24.9. The number of aliphatic hydroxyl groups is 3. The fraction of sp³-hybridized carbons (Fsp3) is 1.00. The number of aliphatic hydroxyl groups excluding tert-OH is 3. The van der Waals surface area contributed by atoms with Crippen LogP contribution < -0.4 is 29.6 Å². The van der Waals surface area contributed by atoms with Crippen molar-refractivity contribution >= 4 is 0 Å². The Labute approximate surface area is 110 Å². The van der Waals surface area contributed by atoms with Crippen molar-refractivity contribution < 1.29 is 50.0 Å². The molecule has 0 aromatic carbocycles. The summed E-state index contributed by atoms with van der Waals surface area (Å²) in [6.07, 6.45) is 0. The van der Waals surface area contributed by atoms with E-state index in [0.29, 0.717) is 19.6 Å². The summed E-state index contributed by atoms with van der Waals surface area (Å²) in [6, 6.07) is 0. The van der Waals surface area contributed by atoms with E-state index in [-0.39, 0.29) is 49.4 Å². The Morgan fingerprint density at radius 3 is 1.27 bits per heavy atom. The molecule has 86 valence electrons. The fourth-order valence-electron chi connectivity index (χ4n) is 0.760. The second kappa shape index (κ2) is 16.5. The molecule has 0 saturated heterocycles. The first kappa shape index (κ1) is 20.5.